The van der Waals surface area contributed by atoms with Crippen molar-refractivity contribution >= 4 is 29.8 Å². The van der Waals surface area contributed by atoms with Gasteiger partial charge in [-0.05, 0) is 58.9 Å². The average molecular weight is 812 g/mol. The van der Waals surface area contributed by atoms with Crippen LogP contribution in [0.1, 0.15) is 81.0 Å². The van der Waals surface area contributed by atoms with E-state index in [0.717, 1.165) is 29.2 Å². The van der Waals surface area contributed by atoms with E-state index in [1.807, 2.05) is 60.7 Å². The molecule has 0 radical (unpaired) electrons. The number of nitrogens with one attached hydrogen (secondary N) is 1. The predicted molar refractivity (Wildman–Crippen MR) is 209 cm³/mol. The number of carbonyl (C=O) groups excluding carboxylic acids is 5. The summed E-state index contributed by atoms with van der Waals surface area (Å²) >= 11 is 0. The molecule has 59 heavy (non-hydrogen) atoms. The van der Waals surface area contributed by atoms with Gasteiger partial charge in [0, 0.05) is 33.3 Å². The summed E-state index contributed by atoms with van der Waals surface area (Å²) in [4.78, 5) is 61.5. The molecule has 2 N–H and O–H groups in total. The van der Waals surface area contributed by atoms with Crippen LogP contribution in [0.5, 0.6) is 5.75 Å². The number of aliphatic hydroxyl groups is 1. The summed E-state index contributed by atoms with van der Waals surface area (Å²) in [5, 5.41) is 13.8. The minimum Gasteiger partial charge on any atom is -0.489 e. The van der Waals surface area contributed by atoms with Crippen LogP contribution in [0.25, 0.3) is 11.1 Å². The van der Waals surface area contributed by atoms with E-state index in [1.165, 1.54) is 45.0 Å². The Kier molecular flexibility index (Phi) is 13.7. The SMILES string of the molecule is CC(=O)OC[C@H]1OC(c2ccc(-c3ccc([C@H]4NC(=O)[C@@H]4CC[C@H](O)c4ccc(F)cc4)c(OCc4ccccc4)c3)cc2)[C@H](OC(C)=O)[C@@H](OC(C)=O)[C@@H]1OC(C)=O. The van der Waals surface area contributed by atoms with Gasteiger partial charge in [0.1, 0.15) is 37.0 Å². The molecule has 2 saturated heterocycles. The number of rotatable bonds is 15. The zero-order valence-corrected chi connectivity index (χ0v) is 33.0. The van der Waals surface area contributed by atoms with Gasteiger partial charge in [-0.25, -0.2) is 4.39 Å². The molecule has 2 fully saturated rings. The smallest absolute Gasteiger partial charge is 0.303 e. The highest BCUT2D eigenvalue weighted by molar-refractivity contribution is 5.87. The molecule has 310 valence electrons. The van der Waals surface area contributed by atoms with Gasteiger partial charge in [0.25, 0.3) is 0 Å². The Bertz CT molecular complexity index is 2130. The molecule has 6 rings (SSSR count). The van der Waals surface area contributed by atoms with E-state index >= 15 is 0 Å². The van der Waals surface area contributed by atoms with Crippen LogP contribution >= 0.6 is 0 Å². The largest absolute Gasteiger partial charge is 0.489 e. The average Bonchev–Trinajstić information content (AvgIpc) is 3.20. The Labute approximate surface area is 340 Å². The van der Waals surface area contributed by atoms with Crippen molar-refractivity contribution in [2.45, 2.75) is 89.8 Å². The molecule has 2 aliphatic rings. The van der Waals surface area contributed by atoms with E-state index in [1.54, 1.807) is 12.1 Å². The molecule has 0 spiro atoms. The molecule has 0 aliphatic carbocycles. The Hall–Kier alpha value is -6.12. The third-order valence-corrected chi connectivity index (χ3v) is 10.2. The minimum absolute atomic E-state index is 0.141. The molecule has 2 aliphatic heterocycles. The van der Waals surface area contributed by atoms with Gasteiger partial charge in [-0.3, -0.25) is 24.0 Å². The molecular formula is C45H46FNO12. The van der Waals surface area contributed by atoms with Crippen molar-refractivity contribution in [3.05, 3.63) is 125 Å². The molecule has 4 aromatic rings. The molecule has 4 aromatic carbocycles. The lowest BCUT2D eigenvalue weighted by Crippen LogP contribution is -2.59. The van der Waals surface area contributed by atoms with Crippen LogP contribution in [-0.2, 0) is 54.3 Å². The molecule has 13 nitrogen and oxygen atoms in total. The first-order valence-corrected chi connectivity index (χ1v) is 19.2. The van der Waals surface area contributed by atoms with Gasteiger partial charge in [0.05, 0.1) is 18.1 Å². The zero-order valence-electron chi connectivity index (χ0n) is 33.0. The Balaban J connectivity index is 1.28. The number of esters is 4. The van der Waals surface area contributed by atoms with E-state index in [2.05, 4.69) is 5.32 Å². The van der Waals surface area contributed by atoms with Crippen LogP contribution in [0, 0.1) is 11.7 Å². The van der Waals surface area contributed by atoms with Crippen LogP contribution in [0.2, 0.25) is 0 Å². The maximum atomic E-state index is 13.5. The first-order valence-electron chi connectivity index (χ1n) is 19.2. The quantitative estimate of drug-likeness (QED) is 0.0796. The second kappa shape index (κ2) is 19.1. The van der Waals surface area contributed by atoms with Crippen molar-refractivity contribution in [2.75, 3.05) is 6.61 Å². The number of halogens is 1. The predicted octanol–water partition coefficient (Wildman–Crippen LogP) is 6.17. The van der Waals surface area contributed by atoms with E-state index in [9.17, 15) is 33.5 Å². The number of carbonyl (C=O) groups is 5. The van der Waals surface area contributed by atoms with Gasteiger partial charge in [-0.2, -0.15) is 0 Å². The molecule has 8 atom stereocenters. The van der Waals surface area contributed by atoms with Gasteiger partial charge < -0.3 is 38.8 Å². The fraction of sp³-hybridized carbons (Fsp3) is 0.356. The molecule has 1 amide bonds. The molecule has 1 unspecified atom stereocenters. The number of ether oxygens (including phenoxy) is 6. The maximum absolute atomic E-state index is 13.5. The van der Waals surface area contributed by atoms with Crippen LogP contribution in [0.3, 0.4) is 0 Å². The van der Waals surface area contributed by atoms with Crippen LogP contribution in [0.4, 0.5) is 4.39 Å². The van der Waals surface area contributed by atoms with E-state index in [4.69, 9.17) is 28.4 Å². The number of amides is 1. The topological polar surface area (TPSA) is 173 Å². The summed E-state index contributed by atoms with van der Waals surface area (Å²) in [6.07, 6.45) is -6.16. The molecule has 0 aromatic heterocycles. The lowest BCUT2D eigenvalue weighted by molar-refractivity contribution is -0.254. The molecule has 0 bridgehead atoms. The third-order valence-electron chi connectivity index (χ3n) is 10.2. The number of β-lactam (4-membered cyclic amide) rings is 1. The normalized spacial score (nSPS) is 22.8. The van der Waals surface area contributed by atoms with Crippen molar-refractivity contribution in [1.82, 2.24) is 5.32 Å². The van der Waals surface area contributed by atoms with Gasteiger partial charge in [0.15, 0.2) is 18.3 Å². The summed E-state index contributed by atoms with van der Waals surface area (Å²) < 4.78 is 48.2. The van der Waals surface area contributed by atoms with Crippen LogP contribution in [-0.4, -0.2) is 65.9 Å². The first kappa shape index (κ1) is 42.5. The number of aliphatic hydroxyl groups excluding tert-OH is 1. The second-order valence-corrected chi connectivity index (χ2v) is 14.5. The highest BCUT2D eigenvalue weighted by atomic mass is 19.1. The summed E-state index contributed by atoms with van der Waals surface area (Å²) in [6.45, 7) is 4.63. The van der Waals surface area contributed by atoms with Crippen molar-refractivity contribution < 1.29 is 61.9 Å². The van der Waals surface area contributed by atoms with Gasteiger partial charge in [-0.15, -0.1) is 0 Å². The molecule has 14 heteroatoms. The molecule has 0 saturated carbocycles. The van der Waals surface area contributed by atoms with E-state index in [-0.39, 0.29) is 25.2 Å². The zero-order chi connectivity index (χ0) is 42.2. The third kappa shape index (κ3) is 10.7. The summed E-state index contributed by atoms with van der Waals surface area (Å²) in [5.74, 6) is -3.19. The van der Waals surface area contributed by atoms with Crippen LogP contribution in [0.15, 0.2) is 97.1 Å². The van der Waals surface area contributed by atoms with Crippen molar-refractivity contribution in [3.8, 4) is 16.9 Å². The van der Waals surface area contributed by atoms with Gasteiger partial charge in [-0.1, -0.05) is 78.9 Å². The monoisotopic (exact) mass is 811 g/mol. The highest BCUT2D eigenvalue weighted by Gasteiger charge is 2.52. The fourth-order valence-electron chi connectivity index (χ4n) is 7.39. The maximum Gasteiger partial charge on any atom is 0.303 e. The van der Waals surface area contributed by atoms with E-state index < -0.39 is 72.2 Å². The molecular weight excluding hydrogens is 765 g/mol. The van der Waals surface area contributed by atoms with E-state index in [0.29, 0.717) is 29.7 Å². The van der Waals surface area contributed by atoms with Gasteiger partial charge >= 0.3 is 23.9 Å². The lowest BCUT2D eigenvalue weighted by Gasteiger charge is -2.44. The van der Waals surface area contributed by atoms with Gasteiger partial charge in [0.2, 0.25) is 5.91 Å². The number of hydrogen-bond donors (Lipinski definition) is 2. The van der Waals surface area contributed by atoms with Crippen molar-refractivity contribution in [1.29, 1.82) is 0 Å². The molecule has 2 heterocycles. The fourth-order valence-corrected chi connectivity index (χ4v) is 7.39. The lowest BCUT2D eigenvalue weighted by atomic mass is 9.80. The summed E-state index contributed by atoms with van der Waals surface area (Å²) in [6, 6.07) is 27.7. The summed E-state index contributed by atoms with van der Waals surface area (Å²) in [5.41, 5.74) is 4.34. The second-order valence-electron chi connectivity index (χ2n) is 14.5. The first-order chi connectivity index (χ1) is 28.3. The summed E-state index contributed by atoms with van der Waals surface area (Å²) in [7, 11) is 0. The van der Waals surface area contributed by atoms with Crippen molar-refractivity contribution in [2.24, 2.45) is 5.92 Å². The minimum atomic E-state index is -1.31. The Morgan fingerprint density at radius 3 is 2.02 bits per heavy atom. The van der Waals surface area contributed by atoms with Crippen LogP contribution < -0.4 is 10.1 Å². The highest BCUT2D eigenvalue weighted by Crippen LogP contribution is 2.42. The number of hydrogen-bond acceptors (Lipinski definition) is 12. The number of benzene rings is 4. The Morgan fingerprint density at radius 1 is 0.763 bits per heavy atom. The van der Waals surface area contributed by atoms with Crippen molar-refractivity contribution in [3.63, 3.8) is 0 Å². The Morgan fingerprint density at radius 2 is 1.39 bits per heavy atom. The standard InChI is InChI=1S/C45H46FNO12/c1-25(48)54-24-39-42(56-26(2)49)44(58-28(4)51)43(57-27(3)50)41(59-39)32-12-10-30(11-13-32)33-16-19-35(38(22-33)55-23-29-8-6-5-7-9-29)40-36(45(53)47-40)20-21-37(52)31-14-17-34(46)18-15-31/h5-19,22,36-37,39-44,52H,20-21,23-24H2,1-4H3,(H,47,53)/t36-,37+,39-,40-,41?,42-,43+,44+/m1/s1.